The van der Waals surface area contributed by atoms with Crippen molar-refractivity contribution in [3.8, 4) is 23.0 Å². The van der Waals surface area contributed by atoms with Crippen LogP contribution in [0.5, 0.6) is 23.0 Å². The van der Waals surface area contributed by atoms with Crippen molar-refractivity contribution in [1.29, 1.82) is 0 Å². The number of carbonyl (C=O) groups is 3. The lowest BCUT2D eigenvalue weighted by Crippen LogP contribution is -2.34. The molecule has 10 nitrogen and oxygen atoms in total. The number of hydrogen-bond acceptors (Lipinski definition) is 8. The molecule has 0 heterocycles. The van der Waals surface area contributed by atoms with Crippen molar-refractivity contribution >= 4 is 24.0 Å². The van der Waals surface area contributed by atoms with Gasteiger partial charge in [-0.25, -0.2) is 10.2 Å². The fourth-order valence-corrected chi connectivity index (χ4v) is 3.32. The maximum atomic E-state index is 12.6. The van der Waals surface area contributed by atoms with E-state index in [2.05, 4.69) is 15.8 Å². The molecule has 0 aliphatic rings. The lowest BCUT2D eigenvalue weighted by atomic mass is 10.2. The first kappa shape index (κ1) is 29.7. The standard InChI is InChI=1S/C30H33N3O7/c1-4-16-38-24-11-7-22(8-12-24)29(35)31-20-28(34)33-32-19-21-6-15-26(27(18-21)37-3)40-30(36)23-9-13-25(14-10-23)39-17-5-2/h6-15,18-19H,4-5,16-17,20H2,1-3H3,(H,31,35)(H,33,34)/b32-19+. The number of rotatable bonds is 14. The third-order valence-corrected chi connectivity index (χ3v) is 5.35. The van der Waals surface area contributed by atoms with Gasteiger partial charge in [-0.3, -0.25) is 9.59 Å². The Morgan fingerprint density at radius 2 is 1.40 bits per heavy atom. The van der Waals surface area contributed by atoms with Gasteiger partial charge in [0.25, 0.3) is 11.8 Å². The Kier molecular flexibility index (Phi) is 11.5. The molecule has 3 aromatic rings. The Bertz CT molecular complexity index is 1310. The molecule has 0 unspecified atom stereocenters. The van der Waals surface area contributed by atoms with Crippen LogP contribution >= 0.6 is 0 Å². The Balaban J connectivity index is 1.49. The minimum absolute atomic E-state index is 0.229. The smallest absolute Gasteiger partial charge is 0.343 e. The number of methoxy groups -OCH3 is 1. The summed E-state index contributed by atoms with van der Waals surface area (Å²) < 4.78 is 21.9. The number of hydrogen-bond donors (Lipinski definition) is 2. The molecule has 2 amide bonds. The van der Waals surface area contributed by atoms with Gasteiger partial charge >= 0.3 is 5.97 Å². The molecule has 10 heteroatoms. The summed E-state index contributed by atoms with van der Waals surface area (Å²) >= 11 is 0. The monoisotopic (exact) mass is 547 g/mol. The second-order valence-electron chi connectivity index (χ2n) is 8.52. The second kappa shape index (κ2) is 15.5. The van der Waals surface area contributed by atoms with Gasteiger partial charge in [0.1, 0.15) is 11.5 Å². The molecular weight excluding hydrogens is 514 g/mol. The molecule has 3 rings (SSSR count). The highest BCUT2D eigenvalue weighted by molar-refractivity contribution is 5.96. The molecule has 0 fully saturated rings. The Morgan fingerprint density at radius 3 is 1.98 bits per heavy atom. The molecule has 0 radical (unpaired) electrons. The van der Waals surface area contributed by atoms with Gasteiger partial charge in [-0.2, -0.15) is 5.10 Å². The van der Waals surface area contributed by atoms with E-state index in [1.165, 1.54) is 13.3 Å². The van der Waals surface area contributed by atoms with E-state index in [0.717, 1.165) is 12.8 Å². The van der Waals surface area contributed by atoms with Gasteiger partial charge in [0.15, 0.2) is 11.5 Å². The number of nitrogens with zero attached hydrogens (tertiary/aromatic N) is 1. The molecule has 3 aromatic carbocycles. The summed E-state index contributed by atoms with van der Waals surface area (Å²) in [6, 6.07) is 18.2. The number of esters is 1. The normalized spacial score (nSPS) is 10.6. The summed E-state index contributed by atoms with van der Waals surface area (Å²) in [5.74, 6) is 0.454. The van der Waals surface area contributed by atoms with Crippen LogP contribution in [0.2, 0.25) is 0 Å². The van der Waals surface area contributed by atoms with Crippen molar-refractivity contribution in [3.63, 3.8) is 0 Å². The average Bonchev–Trinajstić information content (AvgIpc) is 2.98. The van der Waals surface area contributed by atoms with E-state index in [4.69, 9.17) is 18.9 Å². The average molecular weight is 548 g/mol. The third kappa shape index (κ3) is 9.16. The van der Waals surface area contributed by atoms with Crippen molar-refractivity contribution < 1.29 is 33.3 Å². The van der Waals surface area contributed by atoms with Crippen LogP contribution in [0.4, 0.5) is 0 Å². The fraction of sp³-hybridized carbons (Fsp3) is 0.267. The molecule has 40 heavy (non-hydrogen) atoms. The van der Waals surface area contributed by atoms with E-state index >= 15 is 0 Å². The predicted molar refractivity (Wildman–Crippen MR) is 150 cm³/mol. The first-order chi connectivity index (χ1) is 19.4. The SMILES string of the molecule is CCCOc1ccc(C(=O)NCC(=O)N/N=C/c2ccc(OC(=O)c3ccc(OCCC)cc3)c(OC)c2)cc1. The molecule has 2 N–H and O–H groups in total. The third-order valence-electron chi connectivity index (χ3n) is 5.35. The number of benzene rings is 3. The van der Waals surface area contributed by atoms with Gasteiger partial charge in [-0.05, 0) is 85.1 Å². The largest absolute Gasteiger partial charge is 0.494 e. The number of hydrazone groups is 1. The minimum Gasteiger partial charge on any atom is -0.494 e. The van der Waals surface area contributed by atoms with Crippen molar-refractivity contribution in [2.75, 3.05) is 26.9 Å². The molecule has 210 valence electrons. The fourth-order valence-electron chi connectivity index (χ4n) is 3.32. The summed E-state index contributed by atoms with van der Waals surface area (Å²) in [4.78, 5) is 36.9. The second-order valence-corrected chi connectivity index (χ2v) is 8.52. The van der Waals surface area contributed by atoms with Crippen molar-refractivity contribution in [3.05, 3.63) is 83.4 Å². The van der Waals surface area contributed by atoms with Crippen LogP contribution in [0.1, 0.15) is 53.0 Å². The summed E-state index contributed by atoms with van der Waals surface area (Å²) in [6.07, 6.45) is 3.18. The zero-order valence-corrected chi connectivity index (χ0v) is 22.8. The summed E-state index contributed by atoms with van der Waals surface area (Å²) in [6.45, 7) is 4.97. The molecule has 0 bridgehead atoms. The molecule has 0 spiro atoms. The number of carbonyl (C=O) groups excluding carboxylic acids is 3. The van der Waals surface area contributed by atoms with Crippen LogP contribution in [0, 0.1) is 0 Å². The van der Waals surface area contributed by atoms with Crippen LogP contribution < -0.4 is 29.7 Å². The molecule has 0 aliphatic carbocycles. The maximum Gasteiger partial charge on any atom is 0.343 e. The van der Waals surface area contributed by atoms with Gasteiger partial charge in [0.2, 0.25) is 0 Å². The highest BCUT2D eigenvalue weighted by atomic mass is 16.6. The highest BCUT2D eigenvalue weighted by Crippen LogP contribution is 2.28. The Labute approximate surface area is 233 Å². The van der Waals surface area contributed by atoms with Crippen LogP contribution in [0.3, 0.4) is 0 Å². The van der Waals surface area contributed by atoms with Crippen molar-refractivity contribution in [2.45, 2.75) is 26.7 Å². The van der Waals surface area contributed by atoms with E-state index in [0.29, 0.717) is 47.2 Å². The van der Waals surface area contributed by atoms with Gasteiger partial charge in [-0.1, -0.05) is 13.8 Å². The molecule has 0 saturated carbocycles. The quantitative estimate of drug-likeness (QED) is 0.133. The van der Waals surface area contributed by atoms with Crippen LogP contribution in [0.25, 0.3) is 0 Å². The molecular formula is C30H33N3O7. The van der Waals surface area contributed by atoms with Gasteiger partial charge in [0.05, 0.1) is 38.6 Å². The predicted octanol–water partition coefficient (Wildman–Crippen LogP) is 4.37. The highest BCUT2D eigenvalue weighted by Gasteiger charge is 2.13. The number of ether oxygens (including phenoxy) is 4. The van der Waals surface area contributed by atoms with E-state index in [-0.39, 0.29) is 12.3 Å². The lowest BCUT2D eigenvalue weighted by Gasteiger charge is -2.10. The van der Waals surface area contributed by atoms with E-state index in [9.17, 15) is 14.4 Å². The van der Waals surface area contributed by atoms with Crippen LogP contribution in [-0.2, 0) is 4.79 Å². The van der Waals surface area contributed by atoms with Gasteiger partial charge in [0, 0.05) is 5.56 Å². The van der Waals surface area contributed by atoms with E-state index in [1.54, 1.807) is 66.7 Å². The zero-order chi connectivity index (χ0) is 28.7. The molecule has 0 aromatic heterocycles. The summed E-state index contributed by atoms with van der Waals surface area (Å²) in [5, 5.41) is 6.45. The first-order valence-electron chi connectivity index (χ1n) is 12.9. The Morgan fingerprint density at radius 1 is 0.800 bits per heavy atom. The lowest BCUT2D eigenvalue weighted by molar-refractivity contribution is -0.120. The number of amides is 2. The van der Waals surface area contributed by atoms with Crippen molar-refractivity contribution in [1.82, 2.24) is 10.7 Å². The molecule has 0 atom stereocenters. The summed E-state index contributed by atoms with van der Waals surface area (Å²) in [5.41, 5.74) is 3.71. The van der Waals surface area contributed by atoms with Gasteiger partial charge < -0.3 is 24.3 Å². The van der Waals surface area contributed by atoms with Crippen molar-refractivity contribution in [2.24, 2.45) is 5.10 Å². The van der Waals surface area contributed by atoms with Crippen LogP contribution in [0.15, 0.2) is 71.8 Å². The maximum absolute atomic E-state index is 12.6. The zero-order valence-electron chi connectivity index (χ0n) is 22.8. The topological polar surface area (TPSA) is 125 Å². The first-order valence-corrected chi connectivity index (χ1v) is 12.9. The molecule has 0 saturated heterocycles. The van der Waals surface area contributed by atoms with E-state index in [1.807, 2.05) is 13.8 Å². The summed E-state index contributed by atoms with van der Waals surface area (Å²) in [7, 11) is 1.45. The van der Waals surface area contributed by atoms with Gasteiger partial charge in [-0.15, -0.1) is 0 Å². The minimum atomic E-state index is -0.545. The Hall–Kier alpha value is -4.86. The van der Waals surface area contributed by atoms with Crippen LogP contribution in [-0.4, -0.2) is 50.9 Å². The number of nitrogens with one attached hydrogen (secondary N) is 2. The molecule has 0 aliphatic heterocycles. The van der Waals surface area contributed by atoms with E-state index < -0.39 is 17.8 Å².